The minimum absolute atomic E-state index is 0.142. The average Bonchev–Trinajstić information content (AvgIpc) is 2.44. The normalized spacial score (nSPS) is 10.6. The van der Waals surface area contributed by atoms with Crippen molar-refractivity contribution in [1.82, 2.24) is 0 Å². The minimum atomic E-state index is -0.514. The molecular formula is C15H14N2O3. The Labute approximate surface area is 116 Å². The first-order valence-electron chi connectivity index (χ1n) is 5.98. The molecule has 0 spiro atoms. The van der Waals surface area contributed by atoms with E-state index in [1.807, 2.05) is 12.1 Å². The summed E-state index contributed by atoms with van der Waals surface area (Å²) in [5.74, 6) is 0.229. The number of primary amides is 1. The fourth-order valence-electron chi connectivity index (χ4n) is 1.53. The largest absolute Gasteiger partial charge is 0.508 e. The van der Waals surface area contributed by atoms with Crippen molar-refractivity contribution in [1.29, 1.82) is 0 Å². The number of ether oxygens (including phenoxy) is 1. The quantitative estimate of drug-likeness (QED) is 0.815. The molecule has 2 aromatic carbocycles. The van der Waals surface area contributed by atoms with Crippen molar-refractivity contribution < 1.29 is 14.6 Å². The lowest BCUT2D eigenvalue weighted by Gasteiger charge is -2.03. The van der Waals surface area contributed by atoms with E-state index >= 15 is 0 Å². The van der Waals surface area contributed by atoms with Gasteiger partial charge in [-0.15, -0.1) is 0 Å². The van der Waals surface area contributed by atoms with Gasteiger partial charge in [0.15, 0.2) is 6.61 Å². The molecule has 3 N–H and O–H groups in total. The number of nitrogens with two attached hydrogens (primary N) is 1. The van der Waals surface area contributed by atoms with Crippen LogP contribution in [-0.2, 0) is 4.79 Å². The molecule has 5 heteroatoms. The first kappa shape index (κ1) is 13.6. The molecule has 2 rings (SSSR count). The lowest BCUT2D eigenvalue weighted by atomic mass is 10.2. The predicted octanol–water partition coefficient (Wildman–Crippen LogP) is 2.01. The molecule has 0 saturated heterocycles. The van der Waals surface area contributed by atoms with Crippen LogP contribution < -0.4 is 10.5 Å². The van der Waals surface area contributed by atoms with Gasteiger partial charge in [-0.3, -0.25) is 9.79 Å². The van der Waals surface area contributed by atoms with E-state index in [1.165, 1.54) is 0 Å². The van der Waals surface area contributed by atoms with Crippen LogP contribution >= 0.6 is 0 Å². The number of carbonyl (C=O) groups excluding carboxylic acids is 1. The van der Waals surface area contributed by atoms with Crippen LogP contribution in [0.3, 0.4) is 0 Å². The van der Waals surface area contributed by atoms with E-state index in [0.29, 0.717) is 11.4 Å². The van der Waals surface area contributed by atoms with Gasteiger partial charge in [0.1, 0.15) is 11.5 Å². The van der Waals surface area contributed by atoms with Crippen molar-refractivity contribution in [2.24, 2.45) is 10.7 Å². The van der Waals surface area contributed by atoms with Gasteiger partial charge in [-0.05, 0) is 42.0 Å². The van der Waals surface area contributed by atoms with E-state index in [2.05, 4.69) is 4.99 Å². The van der Waals surface area contributed by atoms with E-state index in [-0.39, 0.29) is 12.4 Å². The number of rotatable bonds is 5. The molecule has 0 aromatic heterocycles. The summed E-state index contributed by atoms with van der Waals surface area (Å²) in [5.41, 5.74) is 6.53. The number of aliphatic imine (C=N–C) groups is 1. The maximum absolute atomic E-state index is 10.6. The molecule has 20 heavy (non-hydrogen) atoms. The first-order chi connectivity index (χ1) is 9.63. The van der Waals surface area contributed by atoms with Gasteiger partial charge in [0, 0.05) is 12.3 Å². The zero-order valence-electron chi connectivity index (χ0n) is 10.7. The Hall–Kier alpha value is -2.82. The maximum Gasteiger partial charge on any atom is 0.255 e. The van der Waals surface area contributed by atoms with Crippen LogP contribution in [0.25, 0.3) is 0 Å². The highest BCUT2D eigenvalue weighted by Gasteiger charge is 1.97. The molecule has 102 valence electrons. The lowest BCUT2D eigenvalue weighted by Crippen LogP contribution is -2.19. The molecule has 2 aromatic rings. The second kappa shape index (κ2) is 6.38. The topological polar surface area (TPSA) is 84.9 Å². The van der Waals surface area contributed by atoms with Gasteiger partial charge in [-0.2, -0.15) is 0 Å². The van der Waals surface area contributed by atoms with Crippen LogP contribution in [0.4, 0.5) is 5.69 Å². The van der Waals surface area contributed by atoms with Crippen LogP contribution in [0.2, 0.25) is 0 Å². The summed E-state index contributed by atoms with van der Waals surface area (Å²) in [6, 6.07) is 13.7. The molecule has 0 unspecified atom stereocenters. The molecule has 0 saturated carbocycles. The smallest absolute Gasteiger partial charge is 0.255 e. The molecule has 0 aliphatic heterocycles. The van der Waals surface area contributed by atoms with Gasteiger partial charge in [0.2, 0.25) is 0 Å². The van der Waals surface area contributed by atoms with Gasteiger partial charge >= 0.3 is 0 Å². The fourth-order valence-corrected chi connectivity index (χ4v) is 1.53. The third-order valence-corrected chi connectivity index (χ3v) is 2.45. The summed E-state index contributed by atoms with van der Waals surface area (Å²) in [6.45, 7) is -0.142. The molecule has 0 radical (unpaired) electrons. The van der Waals surface area contributed by atoms with Gasteiger partial charge in [-0.1, -0.05) is 6.07 Å². The van der Waals surface area contributed by atoms with Crippen molar-refractivity contribution in [3.05, 3.63) is 54.1 Å². The van der Waals surface area contributed by atoms with E-state index in [4.69, 9.17) is 10.5 Å². The number of nitrogens with zero attached hydrogens (tertiary/aromatic N) is 1. The molecule has 1 amide bonds. The standard InChI is InChI=1S/C15H14N2O3/c16-15(19)10-20-14-6-4-11(5-7-14)9-17-12-2-1-3-13(18)8-12/h1-9,18H,10H2,(H2,16,19). The number of hydrogen-bond acceptors (Lipinski definition) is 4. The third-order valence-electron chi connectivity index (χ3n) is 2.45. The third kappa shape index (κ3) is 4.13. The lowest BCUT2D eigenvalue weighted by molar-refractivity contribution is -0.119. The Bertz CT molecular complexity index is 621. The highest BCUT2D eigenvalue weighted by molar-refractivity contribution is 5.82. The van der Waals surface area contributed by atoms with Crippen molar-refractivity contribution in [2.75, 3.05) is 6.61 Å². The summed E-state index contributed by atoms with van der Waals surface area (Å²) >= 11 is 0. The zero-order valence-corrected chi connectivity index (χ0v) is 10.7. The number of phenols is 1. The van der Waals surface area contributed by atoms with Crippen LogP contribution in [0.5, 0.6) is 11.5 Å². The number of phenolic OH excluding ortho intramolecular Hbond substituents is 1. The number of benzene rings is 2. The van der Waals surface area contributed by atoms with E-state index in [1.54, 1.807) is 42.6 Å². The summed E-state index contributed by atoms with van der Waals surface area (Å²) in [6.07, 6.45) is 1.67. The van der Waals surface area contributed by atoms with Crippen LogP contribution in [0, 0.1) is 0 Å². The van der Waals surface area contributed by atoms with Crippen LogP contribution in [-0.4, -0.2) is 23.8 Å². The Morgan fingerprint density at radius 2 is 2.00 bits per heavy atom. The summed E-state index contributed by atoms with van der Waals surface area (Å²) < 4.78 is 5.15. The molecule has 0 fully saturated rings. The predicted molar refractivity (Wildman–Crippen MR) is 76.5 cm³/mol. The van der Waals surface area contributed by atoms with E-state index < -0.39 is 5.91 Å². The monoisotopic (exact) mass is 270 g/mol. The molecule has 0 aliphatic rings. The molecule has 0 heterocycles. The van der Waals surface area contributed by atoms with Crippen LogP contribution in [0.1, 0.15) is 5.56 Å². The van der Waals surface area contributed by atoms with Gasteiger partial charge in [0.25, 0.3) is 5.91 Å². The Balaban J connectivity index is 2.01. The van der Waals surface area contributed by atoms with Crippen molar-refractivity contribution in [3.63, 3.8) is 0 Å². The van der Waals surface area contributed by atoms with Gasteiger partial charge in [-0.25, -0.2) is 0 Å². The van der Waals surface area contributed by atoms with Crippen molar-refractivity contribution >= 4 is 17.8 Å². The van der Waals surface area contributed by atoms with Crippen LogP contribution in [0.15, 0.2) is 53.5 Å². The number of hydrogen-bond donors (Lipinski definition) is 2. The number of amides is 1. The van der Waals surface area contributed by atoms with Crippen molar-refractivity contribution in [3.8, 4) is 11.5 Å². The number of aromatic hydroxyl groups is 1. The Kier molecular flexibility index (Phi) is 4.34. The molecular weight excluding hydrogens is 256 g/mol. The highest BCUT2D eigenvalue weighted by Crippen LogP contribution is 2.18. The van der Waals surface area contributed by atoms with E-state index in [0.717, 1.165) is 5.56 Å². The zero-order chi connectivity index (χ0) is 14.4. The SMILES string of the molecule is NC(=O)COc1ccc(C=Nc2cccc(O)c2)cc1. The Morgan fingerprint density at radius 1 is 1.25 bits per heavy atom. The highest BCUT2D eigenvalue weighted by atomic mass is 16.5. The number of carbonyl (C=O) groups is 1. The minimum Gasteiger partial charge on any atom is -0.508 e. The Morgan fingerprint density at radius 3 is 2.65 bits per heavy atom. The molecule has 0 atom stereocenters. The molecule has 5 nitrogen and oxygen atoms in total. The summed E-state index contributed by atoms with van der Waals surface area (Å²) in [5, 5.41) is 9.32. The fraction of sp³-hybridized carbons (Fsp3) is 0.0667. The second-order valence-corrected chi connectivity index (χ2v) is 4.10. The molecule has 0 aliphatic carbocycles. The maximum atomic E-state index is 10.6. The second-order valence-electron chi connectivity index (χ2n) is 4.10. The first-order valence-corrected chi connectivity index (χ1v) is 5.98. The van der Waals surface area contributed by atoms with E-state index in [9.17, 15) is 9.90 Å². The van der Waals surface area contributed by atoms with Gasteiger partial charge in [0.05, 0.1) is 5.69 Å². The van der Waals surface area contributed by atoms with Crippen molar-refractivity contribution in [2.45, 2.75) is 0 Å². The summed E-state index contributed by atoms with van der Waals surface area (Å²) in [7, 11) is 0. The summed E-state index contributed by atoms with van der Waals surface area (Å²) in [4.78, 5) is 14.8. The van der Waals surface area contributed by atoms with Gasteiger partial charge < -0.3 is 15.6 Å². The molecule has 0 bridgehead atoms. The average molecular weight is 270 g/mol.